The summed E-state index contributed by atoms with van der Waals surface area (Å²) < 4.78 is 6.25. The van der Waals surface area contributed by atoms with Crippen molar-refractivity contribution in [3.05, 3.63) is 48.3 Å². The molecule has 3 aromatic heterocycles. The molecule has 1 fully saturated rings. The van der Waals surface area contributed by atoms with Crippen molar-refractivity contribution >= 4 is 17.2 Å². The van der Waals surface area contributed by atoms with Crippen LogP contribution in [0, 0.1) is 0 Å². The first-order valence-electron chi connectivity index (χ1n) is 10.0. The molecule has 0 atom stereocenters. The fourth-order valence-electron chi connectivity index (χ4n) is 3.26. The summed E-state index contributed by atoms with van der Waals surface area (Å²) in [4.78, 5) is 26.5. The van der Waals surface area contributed by atoms with Crippen molar-refractivity contribution in [3.8, 4) is 16.3 Å². The molecule has 0 aromatic carbocycles. The first-order valence-corrected chi connectivity index (χ1v) is 10.9. The van der Waals surface area contributed by atoms with Crippen LogP contribution < -0.4 is 5.32 Å². The number of carbonyl (C=O) groups is 1. The number of aliphatic hydroxyl groups is 1. The molecule has 1 saturated carbocycles. The van der Waals surface area contributed by atoms with Crippen molar-refractivity contribution in [2.24, 2.45) is 0 Å². The zero-order valence-corrected chi connectivity index (χ0v) is 17.8. The molecule has 2 N–H and O–H groups in total. The number of carbonyl (C=O) groups excluding carboxylic acids is 1. The van der Waals surface area contributed by atoms with Gasteiger partial charge in [0.25, 0.3) is 5.91 Å². The van der Waals surface area contributed by atoms with Gasteiger partial charge in [-0.25, -0.2) is 9.97 Å². The van der Waals surface area contributed by atoms with Gasteiger partial charge in [0.15, 0.2) is 0 Å². The molecule has 0 aliphatic heterocycles. The Morgan fingerprint density at radius 3 is 2.77 bits per heavy atom. The van der Waals surface area contributed by atoms with E-state index in [2.05, 4.69) is 25.0 Å². The molecule has 3 aromatic rings. The number of pyridine rings is 1. The van der Waals surface area contributed by atoms with Crippen LogP contribution in [0.4, 0.5) is 0 Å². The molecule has 1 aliphatic carbocycles. The lowest BCUT2D eigenvalue weighted by Crippen LogP contribution is -2.36. The zero-order chi connectivity index (χ0) is 21.2. The van der Waals surface area contributed by atoms with Crippen molar-refractivity contribution in [1.82, 2.24) is 24.8 Å². The van der Waals surface area contributed by atoms with E-state index in [1.165, 1.54) is 19.3 Å². The van der Waals surface area contributed by atoms with E-state index in [0.29, 0.717) is 18.1 Å². The number of rotatable bonds is 6. The second-order valence-corrected chi connectivity index (χ2v) is 7.85. The van der Waals surface area contributed by atoms with Crippen molar-refractivity contribution < 1.29 is 16.1 Å². The lowest BCUT2D eigenvalue weighted by molar-refractivity contribution is 0.0922. The van der Waals surface area contributed by atoms with Crippen LogP contribution in [0.15, 0.2) is 42.6 Å². The lowest BCUT2D eigenvalue weighted by Gasteiger charge is -2.22. The average Bonchev–Trinajstić information content (AvgIpc) is 3.50. The van der Waals surface area contributed by atoms with Crippen LogP contribution in [-0.2, 0) is 4.74 Å². The summed E-state index contributed by atoms with van der Waals surface area (Å²) in [7, 11) is 1.55. The molecule has 0 radical (unpaired) electrons. The number of nitrogens with zero attached hydrogens (tertiary/aromatic N) is 4. The quantitative estimate of drug-likeness (QED) is 0.621. The van der Waals surface area contributed by atoms with Crippen molar-refractivity contribution in [3.63, 3.8) is 0 Å². The highest BCUT2D eigenvalue weighted by atomic mass is 32.1. The van der Waals surface area contributed by atoms with Gasteiger partial charge >= 0.3 is 0 Å². The van der Waals surface area contributed by atoms with E-state index in [0.717, 1.165) is 23.3 Å². The second-order valence-electron chi connectivity index (χ2n) is 6.96. The Balaban J connectivity index is 0.000000514. The topological polar surface area (TPSA) is 102 Å². The number of aromatic nitrogens is 4. The highest BCUT2D eigenvalue weighted by Crippen LogP contribution is 2.26. The number of nitrogens with one attached hydrogen (secondary N) is 1. The van der Waals surface area contributed by atoms with Gasteiger partial charge in [0.05, 0.1) is 23.6 Å². The largest absolute Gasteiger partial charge is 0.394 e. The molecule has 9 heteroatoms. The van der Waals surface area contributed by atoms with Crippen molar-refractivity contribution in [2.75, 3.05) is 20.3 Å². The number of imidazole rings is 1. The first kappa shape index (κ1) is 22.1. The molecule has 1 amide bonds. The molecular weight excluding hydrogens is 402 g/mol. The minimum atomic E-state index is -0.111. The lowest BCUT2D eigenvalue weighted by atomic mass is 9.95. The molecular formula is C21H29N5O3S. The highest BCUT2D eigenvalue weighted by molar-refractivity contribution is 7.13. The smallest absolute Gasteiger partial charge is 0.270 e. The minimum absolute atomic E-state index is 0. The predicted octanol–water partition coefficient (Wildman–Crippen LogP) is 3.32. The van der Waals surface area contributed by atoms with Gasteiger partial charge in [-0.3, -0.25) is 14.3 Å². The maximum Gasteiger partial charge on any atom is 0.270 e. The van der Waals surface area contributed by atoms with E-state index < -0.39 is 0 Å². The van der Waals surface area contributed by atoms with Crippen molar-refractivity contribution in [1.29, 1.82) is 0 Å². The highest BCUT2D eigenvalue weighted by Gasteiger charge is 2.19. The van der Waals surface area contributed by atoms with E-state index in [1.54, 1.807) is 42.7 Å². The molecule has 3 heterocycles. The van der Waals surface area contributed by atoms with Crippen LogP contribution in [0.3, 0.4) is 0 Å². The van der Waals surface area contributed by atoms with Crippen LogP contribution >= 0.6 is 11.3 Å². The molecule has 0 spiro atoms. The summed E-state index contributed by atoms with van der Waals surface area (Å²) in [5.74, 6) is 0.567. The van der Waals surface area contributed by atoms with E-state index in [9.17, 15) is 4.79 Å². The summed E-state index contributed by atoms with van der Waals surface area (Å²) in [6.07, 6.45) is 12.7. The Morgan fingerprint density at radius 1 is 1.33 bits per heavy atom. The van der Waals surface area contributed by atoms with Gasteiger partial charge in [-0.15, -0.1) is 11.3 Å². The Labute approximate surface area is 181 Å². The summed E-state index contributed by atoms with van der Waals surface area (Å²) in [5.41, 5.74) is 3.16. The van der Waals surface area contributed by atoms with Gasteiger partial charge in [-0.2, -0.15) is 0 Å². The van der Waals surface area contributed by atoms with Gasteiger partial charge in [0.1, 0.15) is 17.8 Å². The fourth-order valence-corrected chi connectivity index (χ4v) is 3.87. The van der Waals surface area contributed by atoms with Gasteiger partial charge in [0, 0.05) is 33.2 Å². The van der Waals surface area contributed by atoms with Crippen LogP contribution in [0.5, 0.6) is 0 Å². The summed E-state index contributed by atoms with van der Waals surface area (Å²) in [6.45, 7) is 0.566. The Kier molecular flexibility index (Phi) is 8.49. The van der Waals surface area contributed by atoms with E-state index in [1.807, 2.05) is 22.9 Å². The molecule has 0 bridgehead atoms. The number of hydrogen-bond acceptors (Lipinski definition) is 7. The Morgan fingerprint density at radius 2 is 2.17 bits per heavy atom. The Bertz CT molecular complexity index is 845. The van der Waals surface area contributed by atoms with Gasteiger partial charge in [-0.1, -0.05) is 19.3 Å². The minimum Gasteiger partial charge on any atom is -0.394 e. The molecule has 4 rings (SSSR count). The standard InChI is InChI=1S/C18H19N5OS.C3H8O2.H2/c24-18(21-14-4-2-1-3-5-14)15-8-13(16-10-20-12-25-16)9-17(22-15)23-7-6-19-11-23;1-5-3-2-4;/h6-12,14H,1-5H2,(H,21,24);4H,2-3H2,1H3;1H. The van der Waals surface area contributed by atoms with E-state index in [4.69, 9.17) is 5.11 Å². The van der Waals surface area contributed by atoms with Gasteiger partial charge < -0.3 is 15.2 Å². The van der Waals surface area contributed by atoms with E-state index >= 15 is 0 Å². The zero-order valence-electron chi connectivity index (χ0n) is 17.0. The van der Waals surface area contributed by atoms with Crippen LogP contribution in [0.1, 0.15) is 44.0 Å². The third-order valence-corrected chi connectivity index (χ3v) is 5.59. The third-order valence-electron chi connectivity index (χ3n) is 4.77. The molecule has 162 valence electrons. The van der Waals surface area contributed by atoms with Gasteiger partial charge in [-0.05, 0) is 30.5 Å². The van der Waals surface area contributed by atoms with Crippen molar-refractivity contribution in [2.45, 2.75) is 38.1 Å². The monoisotopic (exact) mass is 431 g/mol. The summed E-state index contributed by atoms with van der Waals surface area (Å²) >= 11 is 1.54. The molecule has 0 saturated heterocycles. The number of ether oxygens (including phenoxy) is 1. The second kappa shape index (κ2) is 11.5. The predicted molar refractivity (Wildman–Crippen MR) is 118 cm³/mol. The van der Waals surface area contributed by atoms with Crippen LogP contribution in [0.2, 0.25) is 0 Å². The normalized spacial score (nSPS) is 14.1. The number of aliphatic hydroxyl groups excluding tert-OH is 1. The number of amides is 1. The fraction of sp³-hybridized carbons (Fsp3) is 0.429. The maximum atomic E-state index is 12.7. The Hall–Kier alpha value is -2.62. The number of hydrogen-bond donors (Lipinski definition) is 2. The first-order chi connectivity index (χ1) is 14.7. The molecule has 8 nitrogen and oxygen atoms in total. The number of thiazole rings is 1. The number of methoxy groups -OCH3 is 1. The van der Waals surface area contributed by atoms with Crippen LogP contribution in [-0.4, -0.2) is 56.9 Å². The van der Waals surface area contributed by atoms with Gasteiger partial charge in [0.2, 0.25) is 0 Å². The average molecular weight is 432 g/mol. The molecule has 1 aliphatic rings. The molecule has 30 heavy (non-hydrogen) atoms. The maximum absolute atomic E-state index is 12.7. The SMILES string of the molecule is COCCO.O=C(NC1CCCCC1)c1cc(-c2cncs2)cc(-n2ccnc2)n1.[HH]. The third kappa shape index (κ3) is 6.19. The van der Waals surface area contributed by atoms with Crippen LogP contribution in [0.25, 0.3) is 16.3 Å². The molecule has 0 unspecified atom stereocenters. The summed E-state index contributed by atoms with van der Waals surface area (Å²) in [5, 5.41) is 11.1. The summed E-state index contributed by atoms with van der Waals surface area (Å²) in [6, 6.07) is 4.05. The van der Waals surface area contributed by atoms with E-state index in [-0.39, 0.29) is 20.0 Å².